The Morgan fingerprint density at radius 1 is 1.24 bits per heavy atom. The third-order valence-electron chi connectivity index (χ3n) is 2.95. The zero-order chi connectivity index (χ0) is 13.6. The molecule has 0 aliphatic heterocycles. The summed E-state index contributed by atoms with van der Waals surface area (Å²) in [5, 5.41) is 9.17. The average molecular weight is 243 g/mol. The lowest BCUT2D eigenvalue weighted by Crippen LogP contribution is -2.38. The van der Waals surface area contributed by atoms with Gasteiger partial charge < -0.3 is 10.0 Å². The van der Waals surface area contributed by atoms with Gasteiger partial charge in [0.1, 0.15) is 0 Å². The highest BCUT2D eigenvalue weighted by Gasteiger charge is 2.34. The van der Waals surface area contributed by atoms with Crippen LogP contribution in [-0.2, 0) is 9.59 Å². The van der Waals surface area contributed by atoms with Crippen LogP contribution in [0.2, 0.25) is 0 Å². The SMILES string of the molecule is CCCN(CC)C(=O)CC(C(=O)O)C(C)(C)C. The van der Waals surface area contributed by atoms with E-state index < -0.39 is 17.3 Å². The van der Waals surface area contributed by atoms with E-state index in [0.29, 0.717) is 13.1 Å². The van der Waals surface area contributed by atoms with E-state index in [4.69, 9.17) is 0 Å². The van der Waals surface area contributed by atoms with Crippen LogP contribution in [0.1, 0.15) is 47.5 Å². The zero-order valence-electron chi connectivity index (χ0n) is 11.6. The minimum absolute atomic E-state index is 0.0586. The van der Waals surface area contributed by atoms with E-state index in [2.05, 4.69) is 0 Å². The number of rotatable bonds is 6. The summed E-state index contributed by atoms with van der Waals surface area (Å²) in [5.74, 6) is -1.57. The van der Waals surface area contributed by atoms with Gasteiger partial charge in [-0.15, -0.1) is 0 Å². The second-order valence-electron chi connectivity index (χ2n) is 5.43. The second-order valence-corrected chi connectivity index (χ2v) is 5.43. The van der Waals surface area contributed by atoms with Crippen LogP contribution < -0.4 is 0 Å². The van der Waals surface area contributed by atoms with Gasteiger partial charge in [0.15, 0.2) is 0 Å². The topological polar surface area (TPSA) is 57.6 Å². The van der Waals surface area contributed by atoms with Crippen molar-refractivity contribution in [2.45, 2.75) is 47.5 Å². The molecule has 1 amide bonds. The molecule has 0 heterocycles. The predicted octanol–water partition coefficient (Wildman–Crippen LogP) is 2.38. The van der Waals surface area contributed by atoms with Gasteiger partial charge in [-0.05, 0) is 18.8 Å². The van der Waals surface area contributed by atoms with Crippen molar-refractivity contribution in [3.63, 3.8) is 0 Å². The van der Waals surface area contributed by atoms with Crippen molar-refractivity contribution in [3.8, 4) is 0 Å². The van der Waals surface area contributed by atoms with E-state index in [0.717, 1.165) is 6.42 Å². The molecule has 1 unspecified atom stereocenters. The second kappa shape index (κ2) is 6.62. The van der Waals surface area contributed by atoms with Crippen molar-refractivity contribution >= 4 is 11.9 Å². The number of amides is 1. The summed E-state index contributed by atoms with van der Waals surface area (Å²) >= 11 is 0. The van der Waals surface area contributed by atoms with Gasteiger partial charge in [-0.25, -0.2) is 0 Å². The van der Waals surface area contributed by atoms with Gasteiger partial charge in [0.25, 0.3) is 0 Å². The van der Waals surface area contributed by atoms with Crippen LogP contribution in [0.4, 0.5) is 0 Å². The summed E-state index contributed by atoms with van der Waals surface area (Å²) in [7, 11) is 0. The monoisotopic (exact) mass is 243 g/mol. The van der Waals surface area contributed by atoms with Gasteiger partial charge in [0, 0.05) is 19.5 Å². The Hall–Kier alpha value is -1.06. The molecular weight excluding hydrogens is 218 g/mol. The maximum atomic E-state index is 12.0. The normalized spacial score (nSPS) is 13.2. The van der Waals surface area contributed by atoms with Crippen LogP contribution in [0.5, 0.6) is 0 Å². The molecule has 0 aromatic carbocycles. The molecule has 0 bridgehead atoms. The first-order valence-electron chi connectivity index (χ1n) is 6.24. The molecule has 0 aromatic rings. The molecule has 0 radical (unpaired) electrons. The lowest BCUT2D eigenvalue weighted by molar-refractivity contribution is -0.150. The fraction of sp³-hybridized carbons (Fsp3) is 0.846. The van der Waals surface area contributed by atoms with Gasteiger partial charge in [-0.2, -0.15) is 0 Å². The summed E-state index contributed by atoms with van der Waals surface area (Å²) in [6.07, 6.45) is 0.986. The van der Waals surface area contributed by atoms with Gasteiger partial charge >= 0.3 is 5.97 Å². The van der Waals surface area contributed by atoms with Crippen molar-refractivity contribution in [1.29, 1.82) is 0 Å². The Morgan fingerprint density at radius 2 is 1.76 bits per heavy atom. The highest BCUT2D eigenvalue weighted by atomic mass is 16.4. The summed E-state index contributed by atoms with van der Waals surface area (Å²) in [6, 6.07) is 0. The zero-order valence-corrected chi connectivity index (χ0v) is 11.6. The van der Waals surface area contributed by atoms with Crippen LogP contribution in [0, 0.1) is 11.3 Å². The summed E-state index contributed by atoms with van der Waals surface area (Å²) in [5.41, 5.74) is -0.396. The van der Waals surface area contributed by atoms with E-state index in [9.17, 15) is 14.7 Å². The van der Waals surface area contributed by atoms with Crippen LogP contribution in [0.25, 0.3) is 0 Å². The smallest absolute Gasteiger partial charge is 0.307 e. The first kappa shape index (κ1) is 15.9. The quantitative estimate of drug-likeness (QED) is 0.779. The van der Waals surface area contributed by atoms with Crippen LogP contribution in [0.15, 0.2) is 0 Å². The summed E-state index contributed by atoms with van der Waals surface area (Å²) in [4.78, 5) is 24.9. The van der Waals surface area contributed by atoms with Crippen LogP contribution >= 0.6 is 0 Å². The Kier molecular flexibility index (Phi) is 6.21. The van der Waals surface area contributed by atoms with Gasteiger partial charge in [0.2, 0.25) is 5.91 Å². The van der Waals surface area contributed by atoms with Gasteiger partial charge in [-0.1, -0.05) is 27.7 Å². The van der Waals surface area contributed by atoms with E-state index in [1.165, 1.54) is 0 Å². The van der Waals surface area contributed by atoms with Gasteiger partial charge in [-0.3, -0.25) is 9.59 Å². The predicted molar refractivity (Wildman–Crippen MR) is 67.7 cm³/mol. The number of carboxylic acids is 1. The summed E-state index contributed by atoms with van der Waals surface area (Å²) < 4.78 is 0. The van der Waals surface area contributed by atoms with Crippen LogP contribution in [0.3, 0.4) is 0 Å². The number of carbonyl (C=O) groups is 2. The van der Waals surface area contributed by atoms with E-state index in [-0.39, 0.29) is 12.3 Å². The molecule has 0 rings (SSSR count). The molecule has 17 heavy (non-hydrogen) atoms. The Morgan fingerprint density at radius 3 is 2.06 bits per heavy atom. The van der Waals surface area contributed by atoms with Crippen molar-refractivity contribution in [3.05, 3.63) is 0 Å². The molecule has 0 spiro atoms. The minimum atomic E-state index is -0.890. The minimum Gasteiger partial charge on any atom is -0.481 e. The van der Waals surface area contributed by atoms with Crippen molar-refractivity contribution in [1.82, 2.24) is 4.90 Å². The molecule has 0 aliphatic rings. The van der Waals surface area contributed by atoms with Crippen molar-refractivity contribution in [2.75, 3.05) is 13.1 Å². The van der Waals surface area contributed by atoms with Crippen molar-refractivity contribution in [2.24, 2.45) is 11.3 Å². The molecule has 0 aliphatic carbocycles. The third kappa shape index (κ3) is 5.20. The largest absolute Gasteiger partial charge is 0.481 e. The molecule has 100 valence electrons. The molecular formula is C13H25NO3. The molecule has 0 fully saturated rings. The first-order valence-corrected chi connectivity index (χ1v) is 6.24. The number of aliphatic carboxylic acids is 1. The lowest BCUT2D eigenvalue weighted by Gasteiger charge is -2.29. The number of carbonyl (C=O) groups excluding carboxylic acids is 1. The molecule has 1 atom stereocenters. The number of nitrogens with zero attached hydrogens (tertiary/aromatic N) is 1. The molecule has 1 N–H and O–H groups in total. The molecule has 4 nitrogen and oxygen atoms in total. The van der Waals surface area contributed by atoms with Crippen LogP contribution in [-0.4, -0.2) is 35.0 Å². The Bertz CT molecular complexity index is 268. The van der Waals surface area contributed by atoms with Gasteiger partial charge in [0.05, 0.1) is 5.92 Å². The maximum absolute atomic E-state index is 12.0. The summed E-state index contributed by atoms with van der Waals surface area (Å²) in [6.45, 7) is 10.8. The van der Waals surface area contributed by atoms with E-state index in [1.54, 1.807) is 4.90 Å². The molecule has 0 saturated carbocycles. The lowest BCUT2D eigenvalue weighted by atomic mass is 9.78. The van der Waals surface area contributed by atoms with E-state index >= 15 is 0 Å². The first-order chi connectivity index (χ1) is 7.73. The number of carboxylic acid groups (broad SMARTS) is 1. The molecule has 4 heteroatoms. The Labute approximate surface area is 104 Å². The maximum Gasteiger partial charge on any atom is 0.307 e. The Balaban J connectivity index is 4.66. The highest BCUT2D eigenvalue weighted by molar-refractivity contribution is 5.82. The highest BCUT2D eigenvalue weighted by Crippen LogP contribution is 2.29. The molecule has 0 aromatic heterocycles. The third-order valence-corrected chi connectivity index (χ3v) is 2.95. The molecule has 0 saturated heterocycles. The average Bonchev–Trinajstić information content (AvgIpc) is 2.19. The fourth-order valence-corrected chi connectivity index (χ4v) is 1.80. The van der Waals surface area contributed by atoms with Crippen molar-refractivity contribution < 1.29 is 14.7 Å². The van der Waals surface area contributed by atoms with E-state index in [1.807, 2.05) is 34.6 Å². The number of hydrogen-bond donors (Lipinski definition) is 1. The fourth-order valence-electron chi connectivity index (χ4n) is 1.80. The standard InChI is InChI=1S/C13H25NO3/c1-6-8-14(7-2)11(15)9-10(12(16)17)13(3,4)5/h10H,6-9H2,1-5H3,(H,16,17). The number of hydrogen-bond acceptors (Lipinski definition) is 2.